The Kier molecular flexibility index (Phi) is 4.57. The maximum absolute atomic E-state index is 10.6. The van der Waals surface area contributed by atoms with Gasteiger partial charge >= 0.3 is 0 Å². The number of primary amides is 1. The van der Waals surface area contributed by atoms with Gasteiger partial charge in [0.1, 0.15) is 5.75 Å². The zero-order chi connectivity index (χ0) is 12.8. The van der Waals surface area contributed by atoms with Gasteiger partial charge in [-0.25, -0.2) is 0 Å². The van der Waals surface area contributed by atoms with E-state index in [2.05, 4.69) is 13.8 Å². The summed E-state index contributed by atoms with van der Waals surface area (Å²) in [6.45, 7) is 4.76. The van der Waals surface area contributed by atoms with Crippen molar-refractivity contribution in [2.75, 3.05) is 12.3 Å². The summed E-state index contributed by atoms with van der Waals surface area (Å²) in [7, 11) is 0. The van der Waals surface area contributed by atoms with E-state index in [1.165, 1.54) is 6.08 Å². The second kappa shape index (κ2) is 5.94. The van der Waals surface area contributed by atoms with Crippen LogP contribution < -0.4 is 16.2 Å². The summed E-state index contributed by atoms with van der Waals surface area (Å²) in [6.07, 6.45) is 2.91. The summed E-state index contributed by atoms with van der Waals surface area (Å²) in [5.74, 6) is 0.627. The van der Waals surface area contributed by atoms with Crippen LogP contribution in [0.15, 0.2) is 24.3 Å². The zero-order valence-corrected chi connectivity index (χ0v) is 10.1. The van der Waals surface area contributed by atoms with Gasteiger partial charge in [0.15, 0.2) is 0 Å². The Morgan fingerprint density at radius 2 is 2.18 bits per heavy atom. The molecule has 0 saturated heterocycles. The van der Waals surface area contributed by atoms with E-state index in [0.717, 1.165) is 5.56 Å². The maximum Gasteiger partial charge on any atom is 0.241 e. The van der Waals surface area contributed by atoms with Crippen LogP contribution in [0, 0.1) is 5.92 Å². The molecule has 1 amide bonds. The number of benzene rings is 1. The third-order valence-corrected chi connectivity index (χ3v) is 2.05. The van der Waals surface area contributed by atoms with Gasteiger partial charge in [-0.1, -0.05) is 19.9 Å². The standard InChI is InChI=1S/C13H18N2O2/c1-9(2)8-17-12-5-3-10(7-11(12)14)4-6-13(15)16/h3-7,9H,8,14H2,1-2H3,(H2,15,16)/b6-4-. The maximum atomic E-state index is 10.6. The molecule has 1 rings (SSSR count). The Balaban J connectivity index is 2.75. The smallest absolute Gasteiger partial charge is 0.241 e. The van der Waals surface area contributed by atoms with Crippen molar-refractivity contribution in [1.29, 1.82) is 0 Å². The summed E-state index contributed by atoms with van der Waals surface area (Å²) in [5.41, 5.74) is 12.2. The molecule has 0 aliphatic rings. The van der Waals surface area contributed by atoms with Crippen LogP contribution in [0.4, 0.5) is 5.69 Å². The third-order valence-electron chi connectivity index (χ3n) is 2.05. The number of rotatable bonds is 5. The average Bonchev–Trinajstić information content (AvgIpc) is 2.24. The monoisotopic (exact) mass is 234 g/mol. The lowest BCUT2D eigenvalue weighted by molar-refractivity contribution is -0.113. The van der Waals surface area contributed by atoms with Crippen molar-refractivity contribution >= 4 is 17.7 Å². The number of carbonyl (C=O) groups is 1. The normalized spacial score (nSPS) is 11.0. The van der Waals surface area contributed by atoms with Crippen LogP contribution in [-0.2, 0) is 4.79 Å². The molecule has 0 saturated carbocycles. The molecule has 0 fully saturated rings. The minimum absolute atomic E-state index is 0.448. The van der Waals surface area contributed by atoms with Gasteiger partial charge in [-0.15, -0.1) is 0 Å². The molecular weight excluding hydrogens is 216 g/mol. The number of hydrogen-bond acceptors (Lipinski definition) is 3. The average molecular weight is 234 g/mol. The highest BCUT2D eigenvalue weighted by molar-refractivity contribution is 5.90. The molecule has 0 radical (unpaired) electrons. The number of nitrogen functional groups attached to an aromatic ring is 1. The van der Waals surface area contributed by atoms with E-state index in [1.54, 1.807) is 18.2 Å². The molecule has 4 nitrogen and oxygen atoms in total. The summed E-state index contributed by atoms with van der Waals surface area (Å²) >= 11 is 0. The lowest BCUT2D eigenvalue weighted by Crippen LogP contribution is -2.06. The van der Waals surface area contributed by atoms with Gasteiger partial charge in [-0.05, 0) is 29.7 Å². The molecule has 0 unspecified atom stereocenters. The zero-order valence-electron chi connectivity index (χ0n) is 10.1. The number of amides is 1. The molecule has 0 atom stereocenters. The number of hydrogen-bond donors (Lipinski definition) is 2. The molecule has 0 aliphatic heterocycles. The molecule has 1 aromatic carbocycles. The largest absolute Gasteiger partial charge is 0.491 e. The van der Waals surface area contributed by atoms with E-state index in [9.17, 15) is 4.79 Å². The first-order valence-electron chi connectivity index (χ1n) is 5.49. The fourth-order valence-corrected chi connectivity index (χ4v) is 1.24. The summed E-state index contributed by atoms with van der Waals surface area (Å²) in [4.78, 5) is 10.6. The molecule has 17 heavy (non-hydrogen) atoms. The van der Waals surface area contributed by atoms with Crippen LogP contribution in [0.5, 0.6) is 5.75 Å². The van der Waals surface area contributed by atoms with E-state index >= 15 is 0 Å². The predicted octanol–water partition coefficient (Wildman–Crippen LogP) is 1.80. The van der Waals surface area contributed by atoms with Gasteiger partial charge in [-0.2, -0.15) is 0 Å². The lowest BCUT2D eigenvalue weighted by Gasteiger charge is -2.11. The van der Waals surface area contributed by atoms with Crippen LogP contribution in [0.25, 0.3) is 6.08 Å². The highest BCUT2D eigenvalue weighted by Crippen LogP contribution is 2.23. The van der Waals surface area contributed by atoms with Crippen LogP contribution in [0.3, 0.4) is 0 Å². The first kappa shape index (κ1) is 13.1. The van der Waals surface area contributed by atoms with E-state index in [-0.39, 0.29) is 0 Å². The topological polar surface area (TPSA) is 78.3 Å². The summed E-state index contributed by atoms with van der Waals surface area (Å²) < 4.78 is 5.54. The Bertz CT molecular complexity index is 425. The second-order valence-corrected chi connectivity index (χ2v) is 4.24. The third kappa shape index (κ3) is 4.59. The molecule has 0 heterocycles. The lowest BCUT2D eigenvalue weighted by atomic mass is 10.1. The van der Waals surface area contributed by atoms with Crippen molar-refractivity contribution in [3.8, 4) is 5.75 Å². The van der Waals surface area contributed by atoms with Gasteiger partial charge < -0.3 is 16.2 Å². The van der Waals surface area contributed by atoms with Crippen molar-refractivity contribution < 1.29 is 9.53 Å². The minimum Gasteiger partial charge on any atom is -0.491 e. The van der Waals surface area contributed by atoms with Gasteiger partial charge in [0, 0.05) is 6.08 Å². The van der Waals surface area contributed by atoms with E-state index in [1.807, 2.05) is 6.07 Å². The first-order valence-corrected chi connectivity index (χ1v) is 5.49. The number of nitrogens with two attached hydrogens (primary N) is 2. The predicted molar refractivity (Wildman–Crippen MR) is 69.4 cm³/mol. The van der Waals surface area contributed by atoms with Crippen molar-refractivity contribution in [1.82, 2.24) is 0 Å². The van der Waals surface area contributed by atoms with Gasteiger partial charge in [0.05, 0.1) is 12.3 Å². The molecule has 92 valence electrons. The summed E-state index contributed by atoms with van der Waals surface area (Å²) in [6, 6.07) is 5.36. The van der Waals surface area contributed by atoms with Crippen molar-refractivity contribution in [3.63, 3.8) is 0 Å². The number of carbonyl (C=O) groups excluding carboxylic acids is 1. The minimum atomic E-state index is -0.483. The van der Waals surface area contributed by atoms with E-state index in [0.29, 0.717) is 24.0 Å². The van der Waals surface area contributed by atoms with Crippen LogP contribution in [0.2, 0.25) is 0 Å². The Labute approximate surface area is 101 Å². The summed E-state index contributed by atoms with van der Waals surface area (Å²) in [5, 5.41) is 0. The highest BCUT2D eigenvalue weighted by atomic mass is 16.5. The molecule has 4 heteroatoms. The molecule has 1 aromatic rings. The van der Waals surface area contributed by atoms with Crippen molar-refractivity contribution in [2.45, 2.75) is 13.8 Å². The molecule has 0 spiro atoms. The number of ether oxygens (including phenoxy) is 1. The quantitative estimate of drug-likeness (QED) is 0.602. The fraction of sp³-hybridized carbons (Fsp3) is 0.308. The molecule has 0 bridgehead atoms. The van der Waals surface area contributed by atoms with Crippen LogP contribution in [0.1, 0.15) is 19.4 Å². The van der Waals surface area contributed by atoms with E-state index in [4.69, 9.17) is 16.2 Å². The van der Waals surface area contributed by atoms with E-state index < -0.39 is 5.91 Å². The van der Waals surface area contributed by atoms with Crippen molar-refractivity contribution in [2.24, 2.45) is 11.7 Å². The highest BCUT2D eigenvalue weighted by Gasteiger charge is 2.02. The Morgan fingerprint density at radius 3 is 2.71 bits per heavy atom. The fourth-order valence-electron chi connectivity index (χ4n) is 1.24. The van der Waals surface area contributed by atoms with Gasteiger partial charge in [-0.3, -0.25) is 4.79 Å². The van der Waals surface area contributed by atoms with Crippen molar-refractivity contribution in [3.05, 3.63) is 29.8 Å². The molecular formula is C13H18N2O2. The number of anilines is 1. The van der Waals surface area contributed by atoms with Crippen LogP contribution in [-0.4, -0.2) is 12.5 Å². The van der Waals surface area contributed by atoms with Gasteiger partial charge in [0.25, 0.3) is 0 Å². The first-order chi connectivity index (χ1) is 7.99. The van der Waals surface area contributed by atoms with Crippen LogP contribution >= 0.6 is 0 Å². The molecule has 0 aliphatic carbocycles. The van der Waals surface area contributed by atoms with Gasteiger partial charge in [0.2, 0.25) is 5.91 Å². The Morgan fingerprint density at radius 1 is 1.47 bits per heavy atom. The molecule has 0 aromatic heterocycles. The SMILES string of the molecule is CC(C)COc1ccc(/C=C\C(N)=O)cc1N. The second-order valence-electron chi connectivity index (χ2n) is 4.24. The molecule has 4 N–H and O–H groups in total. The Hall–Kier alpha value is -1.97.